The first-order chi connectivity index (χ1) is 10.3. The predicted molar refractivity (Wildman–Crippen MR) is 125 cm³/mol. The molecular formula is C20H42K4O2. The van der Waals surface area contributed by atoms with Gasteiger partial charge < -0.3 is 5.11 Å². The molecule has 0 saturated carbocycles. The van der Waals surface area contributed by atoms with Crippen molar-refractivity contribution in [1.82, 2.24) is 0 Å². The van der Waals surface area contributed by atoms with Gasteiger partial charge in [0.15, 0.2) is 0 Å². The van der Waals surface area contributed by atoms with Crippen LogP contribution in [0.3, 0.4) is 0 Å². The molecule has 0 aliphatic rings. The van der Waals surface area contributed by atoms with E-state index in [4.69, 9.17) is 5.11 Å². The number of hydrogen-bond acceptors (Lipinski definition) is 1. The van der Waals surface area contributed by atoms with Crippen LogP contribution in [0.2, 0.25) is 0 Å². The second-order valence-corrected chi connectivity index (χ2v) is 7.69. The van der Waals surface area contributed by atoms with Crippen molar-refractivity contribution in [2.45, 2.75) is 92.4 Å². The molecule has 0 spiro atoms. The molecule has 2 atom stereocenters. The van der Waals surface area contributed by atoms with E-state index in [0.29, 0.717) is 0 Å². The second-order valence-electron chi connectivity index (χ2n) is 7.69. The van der Waals surface area contributed by atoms with Crippen molar-refractivity contribution in [2.75, 3.05) is 0 Å². The summed E-state index contributed by atoms with van der Waals surface area (Å²) in [5.74, 6) is 1.65. The maximum atomic E-state index is 10.5. The molecule has 138 valence electrons. The van der Waals surface area contributed by atoms with Gasteiger partial charge in [0, 0.05) is 6.08 Å². The molecule has 0 heterocycles. The van der Waals surface area contributed by atoms with Gasteiger partial charge >= 0.3 is 212 Å². The first kappa shape index (κ1) is 42.0. The van der Waals surface area contributed by atoms with Crippen molar-refractivity contribution < 1.29 is 9.90 Å². The van der Waals surface area contributed by atoms with E-state index in [1.807, 2.05) is 6.92 Å². The summed E-state index contributed by atoms with van der Waals surface area (Å²) in [4.78, 5) is 10.5. The van der Waals surface area contributed by atoms with Crippen LogP contribution >= 0.6 is 0 Å². The number of allylic oxidation sites excluding steroid dienone is 1. The van der Waals surface area contributed by atoms with Crippen LogP contribution in [0.5, 0.6) is 0 Å². The Hall–Kier alpha value is 5.76. The summed E-state index contributed by atoms with van der Waals surface area (Å²) in [6.45, 7) is 11.3. The van der Waals surface area contributed by atoms with Crippen LogP contribution in [0.1, 0.15) is 92.4 Å². The first-order valence-corrected chi connectivity index (χ1v) is 9.21. The minimum atomic E-state index is -0.822. The Morgan fingerprint density at radius 1 is 0.769 bits per heavy atom. The van der Waals surface area contributed by atoms with Crippen LogP contribution in [0.4, 0.5) is 0 Å². The molecule has 0 aromatic rings. The number of carbonyl (C=O) groups is 1. The minimum absolute atomic E-state index is 0. The molecule has 0 amide bonds. The van der Waals surface area contributed by atoms with E-state index in [9.17, 15) is 4.79 Å². The fourth-order valence-electron chi connectivity index (χ4n) is 2.99. The summed E-state index contributed by atoms with van der Waals surface area (Å²) in [6.07, 6.45) is 12.7. The van der Waals surface area contributed by atoms with E-state index in [1.54, 1.807) is 0 Å². The van der Waals surface area contributed by atoms with Crippen molar-refractivity contribution in [2.24, 2.45) is 17.8 Å². The van der Waals surface area contributed by atoms with Gasteiger partial charge in [-0.2, -0.15) is 0 Å². The van der Waals surface area contributed by atoms with E-state index in [1.165, 1.54) is 51.0 Å². The number of aliphatic carboxylic acids is 1. The number of carboxylic acid groups (broad SMARTS) is 1. The van der Waals surface area contributed by atoms with Crippen molar-refractivity contribution in [3.05, 3.63) is 11.6 Å². The SMILES string of the molecule is C/C(=C\C(=O)O)CCC[C@H](C)CCC[C@H](C)CCCC(C)C.[KH].[KH].[KH].[KH]. The van der Waals surface area contributed by atoms with Gasteiger partial charge in [0.1, 0.15) is 0 Å². The quantitative estimate of drug-likeness (QED) is 0.328. The van der Waals surface area contributed by atoms with Gasteiger partial charge in [0.2, 0.25) is 0 Å². The topological polar surface area (TPSA) is 37.3 Å². The van der Waals surface area contributed by atoms with E-state index in [-0.39, 0.29) is 206 Å². The summed E-state index contributed by atoms with van der Waals surface area (Å²) >= 11 is 0. The number of rotatable bonds is 13. The van der Waals surface area contributed by atoms with E-state index >= 15 is 0 Å². The van der Waals surface area contributed by atoms with Crippen LogP contribution in [0.25, 0.3) is 0 Å². The molecule has 0 aromatic carbocycles. The zero-order valence-electron chi connectivity index (χ0n) is 15.5. The first-order valence-electron chi connectivity index (χ1n) is 9.21. The summed E-state index contributed by atoms with van der Waals surface area (Å²) < 4.78 is 0. The normalized spacial score (nSPS) is 12.8. The van der Waals surface area contributed by atoms with Crippen LogP contribution < -0.4 is 0 Å². The molecule has 2 nitrogen and oxygen atoms in total. The molecule has 26 heavy (non-hydrogen) atoms. The number of hydrogen-bond donors (Lipinski definition) is 1. The Morgan fingerprint density at radius 3 is 1.54 bits per heavy atom. The summed E-state index contributed by atoms with van der Waals surface area (Å²) in [5.41, 5.74) is 0.985. The average molecular weight is 471 g/mol. The zero-order chi connectivity index (χ0) is 17.0. The average Bonchev–Trinajstić information content (AvgIpc) is 2.37. The second kappa shape index (κ2) is 28.8. The molecule has 0 saturated heterocycles. The molecule has 0 bridgehead atoms. The summed E-state index contributed by atoms with van der Waals surface area (Å²) in [6, 6.07) is 0. The van der Waals surface area contributed by atoms with Gasteiger partial charge in [-0.05, 0) is 37.5 Å². The predicted octanol–water partition coefficient (Wildman–Crippen LogP) is 3.86. The molecule has 0 fully saturated rings. The third-order valence-corrected chi connectivity index (χ3v) is 4.51. The third kappa shape index (κ3) is 31.9. The van der Waals surface area contributed by atoms with E-state index < -0.39 is 5.97 Å². The molecule has 0 aliphatic heterocycles. The van der Waals surface area contributed by atoms with Crippen molar-refractivity contribution in [3.63, 3.8) is 0 Å². The standard InChI is InChI=1S/C20H38O2.4K.4H/c1-16(2)9-6-10-17(3)11-7-12-18(4)13-8-14-19(5)15-20(21)22;;;;;;;;/h15-18H,6-14H2,1-5H3,(H,21,22);;;;;;;;/b19-15+;;;;;;;;/t17-,18-;;;;;;;;/m1......../s1. The van der Waals surface area contributed by atoms with Crippen LogP contribution in [-0.2, 0) is 4.79 Å². The van der Waals surface area contributed by atoms with Crippen LogP contribution in [0, 0.1) is 17.8 Å². The molecule has 0 unspecified atom stereocenters. The Kier molecular flexibility index (Phi) is 46.5. The third-order valence-electron chi connectivity index (χ3n) is 4.51. The molecule has 0 radical (unpaired) electrons. The maximum absolute atomic E-state index is 10.5. The molecule has 0 aromatic heterocycles. The van der Waals surface area contributed by atoms with Gasteiger partial charge in [-0.1, -0.05) is 78.2 Å². The summed E-state index contributed by atoms with van der Waals surface area (Å²) in [5, 5.41) is 8.68. The van der Waals surface area contributed by atoms with Gasteiger partial charge in [0.25, 0.3) is 0 Å². The molecule has 1 N–H and O–H groups in total. The van der Waals surface area contributed by atoms with Crippen molar-refractivity contribution >= 4 is 212 Å². The van der Waals surface area contributed by atoms with Gasteiger partial charge in [-0.15, -0.1) is 0 Å². The van der Waals surface area contributed by atoms with Crippen LogP contribution in [-0.4, -0.2) is 217 Å². The van der Waals surface area contributed by atoms with Crippen LogP contribution in [0.15, 0.2) is 11.6 Å². The molecule has 0 rings (SSSR count). The molecule has 6 heteroatoms. The number of carboxylic acids is 1. The monoisotopic (exact) mass is 470 g/mol. The van der Waals surface area contributed by atoms with E-state index in [0.717, 1.165) is 36.2 Å². The van der Waals surface area contributed by atoms with Gasteiger partial charge in [-0.25, -0.2) is 4.79 Å². The Morgan fingerprint density at radius 2 is 1.15 bits per heavy atom. The Labute approximate surface area is 334 Å². The Balaban J connectivity index is -0.000000367. The van der Waals surface area contributed by atoms with Crippen molar-refractivity contribution in [3.8, 4) is 0 Å². The fraction of sp³-hybridized carbons (Fsp3) is 0.850. The van der Waals surface area contributed by atoms with Gasteiger partial charge in [0.05, 0.1) is 0 Å². The Bertz CT molecular complexity index is 334. The fourth-order valence-corrected chi connectivity index (χ4v) is 2.99. The molecule has 0 aliphatic carbocycles. The van der Waals surface area contributed by atoms with E-state index in [2.05, 4.69) is 27.7 Å². The van der Waals surface area contributed by atoms with Gasteiger partial charge in [-0.3, -0.25) is 0 Å². The zero-order valence-corrected chi connectivity index (χ0v) is 15.5. The molecular weight excluding hydrogens is 429 g/mol. The summed E-state index contributed by atoms with van der Waals surface area (Å²) in [7, 11) is 0. The van der Waals surface area contributed by atoms with Crippen molar-refractivity contribution in [1.29, 1.82) is 0 Å².